The van der Waals surface area contributed by atoms with E-state index in [0.717, 1.165) is 5.69 Å². The van der Waals surface area contributed by atoms with E-state index in [1.165, 1.54) is 22.5 Å². The van der Waals surface area contributed by atoms with E-state index >= 15 is 0 Å². The molecule has 36 heavy (non-hydrogen) atoms. The van der Waals surface area contributed by atoms with Gasteiger partial charge in [-0.05, 0) is 30.3 Å². The van der Waals surface area contributed by atoms with Crippen molar-refractivity contribution in [2.45, 2.75) is 4.90 Å². The second-order valence-corrected chi connectivity index (χ2v) is 10.8. The van der Waals surface area contributed by atoms with Gasteiger partial charge in [0.1, 0.15) is 0 Å². The van der Waals surface area contributed by atoms with E-state index in [4.69, 9.17) is 0 Å². The highest BCUT2D eigenvalue weighted by molar-refractivity contribution is 7.89. The fourth-order valence-corrected chi connectivity index (χ4v) is 6.06. The van der Waals surface area contributed by atoms with Crippen molar-refractivity contribution >= 4 is 33.2 Å². The van der Waals surface area contributed by atoms with Gasteiger partial charge >= 0.3 is 0 Å². The number of sulfonamides is 1. The van der Waals surface area contributed by atoms with Gasteiger partial charge in [-0.3, -0.25) is 19.3 Å². The number of hydrogen-bond donors (Lipinski definition) is 0. The lowest BCUT2D eigenvalue weighted by atomic mass is 9.84. The Labute approximate surface area is 209 Å². The molecule has 2 aliphatic rings. The summed E-state index contributed by atoms with van der Waals surface area (Å²) in [6.45, 7) is 1.44. The smallest absolute Gasteiger partial charge is 0.243 e. The lowest BCUT2D eigenvalue weighted by Gasteiger charge is -2.34. The van der Waals surface area contributed by atoms with Crippen LogP contribution in [0.25, 0.3) is 0 Å². The van der Waals surface area contributed by atoms with Crippen molar-refractivity contribution in [3.63, 3.8) is 0 Å². The summed E-state index contributed by atoms with van der Waals surface area (Å²) in [5, 5.41) is 0. The molecule has 0 spiro atoms. The summed E-state index contributed by atoms with van der Waals surface area (Å²) in [7, 11) is -2.16. The number of ketones is 2. The first-order chi connectivity index (χ1) is 17.3. The summed E-state index contributed by atoms with van der Waals surface area (Å²) in [6, 6.07) is 20.0. The molecule has 1 saturated heterocycles. The van der Waals surface area contributed by atoms with Crippen LogP contribution in [0.3, 0.4) is 0 Å². The van der Waals surface area contributed by atoms with Crippen LogP contribution in [-0.2, 0) is 14.8 Å². The maximum absolute atomic E-state index is 13.4. The predicted molar refractivity (Wildman–Crippen MR) is 135 cm³/mol. The first-order valence-electron chi connectivity index (χ1n) is 11.6. The number of hydrogen-bond acceptors (Lipinski definition) is 6. The molecule has 8 nitrogen and oxygen atoms in total. The molecule has 9 heteroatoms. The second kappa shape index (κ2) is 9.42. The second-order valence-electron chi connectivity index (χ2n) is 8.88. The Morgan fingerprint density at radius 3 is 1.97 bits per heavy atom. The van der Waals surface area contributed by atoms with E-state index in [9.17, 15) is 22.8 Å². The van der Waals surface area contributed by atoms with Gasteiger partial charge in [-0.15, -0.1) is 0 Å². The standard InChI is InChI=1S/C27H25N3O5S/c1-28(19-7-3-2-4-8-19)25(31)18-29-13-15-30(16-14-29)36(34,35)20-11-12-23-24(17-20)27(33)22-10-6-5-9-21(22)26(23)32/h2-12,17H,13-16,18H2,1H3. The highest BCUT2D eigenvalue weighted by Crippen LogP contribution is 2.30. The van der Waals surface area contributed by atoms with Crippen molar-refractivity contribution in [2.24, 2.45) is 0 Å². The highest BCUT2D eigenvalue weighted by atomic mass is 32.2. The molecule has 3 aromatic carbocycles. The van der Waals surface area contributed by atoms with Crippen molar-refractivity contribution in [1.29, 1.82) is 0 Å². The minimum Gasteiger partial charge on any atom is -0.314 e. The summed E-state index contributed by atoms with van der Waals surface area (Å²) in [5.41, 5.74) is 1.72. The number of rotatable bonds is 5. The number of fused-ring (bicyclic) bond motifs is 2. The maximum atomic E-state index is 13.4. The molecule has 1 aliphatic carbocycles. The van der Waals surface area contributed by atoms with Crippen LogP contribution in [0.4, 0.5) is 5.69 Å². The molecule has 1 aliphatic heterocycles. The molecular formula is C27H25N3O5S. The summed E-state index contributed by atoms with van der Waals surface area (Å²) in [5.74, 6) is -0.721. The first-order valence-corrected chi connectivity index (χ1v) is 13.1. The molecule has 0 radical (unpaired) electrons. The van der Waals surface area contributed by atoms with Gasteiger partial charge in [0.05, 0.1) is 11.4 Å². The molecule has 3 aromatic rings. The van der Waals surface area contributed by atoms with Crippen LogP contribution in [0, 0.1) is 0 Å². The van der Waals surface area contributed by atoms with E-state index in [0.29, 0.717) is 18.7 Å². The topological polar surface area (TPSA) is 95.1 Å². The lowest BCUT2D eigenvalue weighted by Crippen LogP contribution is -2.51. The number of likely N-dealkylation sites (N-methyl/N-ethyl adjacent to an activating group) is 1. The van der Waals surface area contributed by atoms with E-state index in [-0.39, 0.29) is 58.7 Å². The largest absolute Gasteiger partial charge is 0.314 e. The number of carbonyl (C=O) groups is 3. The fourth-order valence-electron chi connectivity index (χ4n) is 4.61. The number of carbonyl (C=O) groups excluding carboxylic acids is 3. The van der Waals surface area contributed by atoms with Crippen LogP contribution < -0.4 is 4.90 Å². The Kier molecular flexibility index (Phi) is 6.29. The van der Waals surface area contributed by atoms with E-state index < -0.39 is 10.0 Å². The minimum atomic E-state index is -3.88. The van der Waals surface area contributed by atoms with Gasteiger partial charge < -0.3 is 4.90 Å². The number of amides is 1. The molecule has 1 fully saturated rings. The van der Waals surface area contributed by atoms with Crippen LogP contribution in [-0.4, -0.2) is 74.9 Å². The molecule has 0 saturated carbocycles. The Balaban J connectivity index is 1.28. The van der Waals surface area contributed by atoms with E-state index in [1.807, 2.05) is 35.2 Å². The van der Waals surface area contributed by atoms with E-state index in [1.54, 1.807) is 36.2 Å². The normalized spacial score (nSPS) is 16.4. The molecular weight excluding hydrogens is 478 g/mol. The molecule has 0 N–H and O–H groups in total. The van der Waals surface area contributed by atoms with Crippen molar-refractivity contribution in [3.8, 4) is 0 Å². The van der Waals surface area contributed by atoms with Crippen LogP contribution in [0.2, 0.25) is 0 Å². The maximum Gasteiger partial charge on any atom is 0.243 e. The predicted octanol–water partition coefficient (Wildman–Crippen LogP) is 2.43. The molecule has 184 valence electrons. The summed E-state index contributed by atoms with van der Waals surface area (Å²) in [4.78, 5) is 42.0. The first kappa shape index (κ1) is 24.1. The molecule has 0 aromatic heterocycles. The molecule has 0 bridgehead atoms. The zero-order valence-corrected chi connectivity index (χ0v) is 20.6. The monoisotopic (exact) mass is 503 g/mol. The Bertz CT molecular complexity index is 1460. The molecule has 5 rings (SSSR count). The van der Waals surface area contributed by atoms with Gasteiger partial charge in [-0.2, -0.15) is 4.31 Å². The van der Waals surface area contributed by atoms with Crippen LogP contribution in [0.15, 0.2) is 77.7 Å². The van der Waals surface area contributed by atoms with Crippen LogP contribution in [0.1, 0.15) is 31.8 Å². The van der Waals surface area contributed by atoms with Gasteiger partial charge in [0.2, 0.25) is 15.9 Å². The van der Waals surface area contributed by atoms with Crippen LogP contribution in [0.5, 0.6) is 0 Å². The van der Waals surface area contributed by atoms with Crippen molar-refractivity contribution in [3.05, 3.63) is 95.1 Å². The third-order valence-electron chi connectivity index (χ3n) is 6.74. The zero-order chi connectivity index (χ0) is 25.4. The molecule has 1 amide bonds. The Morgan fingerprint density at radius 2 is 1.33 bits per heavy atom. The SMILES string of the molecule is CN(C(=O)CN1CCN(S(=O)(=O)c2ccc3c(c2)C(=O)c2ccccc2C3=O)CC1)c1ccccc1. The number of piperazine rings is 1. The van der Waals surface area contributed by atoms with Gasteiger partial charge in [-0.1, -0.05) is 42.5 Å². The van der Waals surface area contributed by atoms with Gasteiger partial charge in [0, 0.05) is 61.2 Å². The quantitative estimate of drug-likeness (QED) is 0.415. The fraction of sp³-hybridized carbons (Fsp3) is 0.222. The van der Waals surface area contributed by atoms with Crippen molar-refractivity contribution < 1.29 is 22.8 Å². The zero-order valence-electron chi connectivity index (χ0n) is 19.8. The van der Waals surface area contributed by atoms with Crippen molar-refractivity contribution in [2.75, 3.05) is 44.7 Å². The Hall–Kier alpha value is -3.66. The van der Waals surface area contributed by atoms with Gasteiger partial charge in [-0.25, -0.2) is 8.42 Å². The molecule has 0 unspecified atom stereocenters. The van der Waals surface area contributed by atoms with Crippen LogP contribution >= 0.6 is 0 Å². The van der Waals surface area contributed by atoms with E-state index in [2.05, 4.69) is 0 Å². The minimum absolute atomic E-state index is 0.0184. The number of anilines is 1. The summed E-state index contributed by atoms with van der Waals surface area (Å²) >= 11 is 0. The summed E-state index contributed by atoms with van der Waals surface area (Å²) < 4.78 is 28.1. The number of para-hydroxylation sites is 1. The number of nitrogens with zero attached hydrogens (tertiary/aromatic N) is 3. The third kappa shape index (κ3) is 4.26. The van der Waals surface area contributed by atoms with Gasteiger partial charge in [0.15, 0.2) is 11.6 Å². The molecule has 1 heterocycles. The Morgan fingerprint density at radius 1 is 0.778 bits per heavy atom. The average molecular weight is 504 g/mol. The number of benzene rings is 3. The highest BCUT2D eigenvalue weighted by Gasteiger charge is 2.34. The van der Waals surface area contributed by atoms with Gasteiger partial charge in [0.25, 0.3) is 0 Å². The molecule has 0 atom stereocenters. The average Bonchev–Trinajstić information content (AvgIpc) is 2.91. The summed E-state index contributed by atoms with van der Waals surface area (Å²) in [6.07, 6.45) is 0. The third-order valence-corrected chi connectivity index (χ3v) is 8.64. The van der Waals surface area contributed by atoms with Crippen molar-refractivity contribution in [1.82, 2.24) is 9.21 Å². The lowest BCUT2D eigenvalue weighted by molar-refractivity contribution is -0.119.